The number of rotatable bonds is 4. The molecule has 0 fully saturated rings. The number of benzene rings is 1. The van der Waals surface area contributed by atoms with Gasteiger partial charge in [-0.1, -0.05) is 12.1 Å². The Kier molecular flexibility index (Phi) is 3.70. The molecule has 3 N–H and O–H groups in total. The summed E-state index contributed by atoms with van der Waals surface area (Å²) in [5, 5.41) is 1.59. The average Bonchev–Trinajstić information content (AvgIpc) is 2.84. The summed E-state index contributed by atoms with van der Waals surface area (Å²) in [4.78, 5) is 12.2. The molecule has 0 aliphatic carbocycles. The predicted molar refractivity (Wildman–Crippen MR) is 84.6 cm³/mol. The van der Waals surface area contributed by atoms with Crippen LogP contribution in [0.4, 0.5) is 5.69 Å². The van der Waals surface area contributed by atoms with Crippen molar-refractivity contribution in [3.63, 3.8) is 0 Å². The minimum Gasteiger partial charge on any atom is -0.473 e. The fraction of sp³-hybridized carbons (Fsp3) is 0.200. The number of hydrogen-bond donors (Lipinski definition) is 2. The summed E-state index contributed by atoms with van der Waals surface area (Å²) in [6.07, 6.45) is 0.0336. The lowest BCUT2D eigenvalue weighted by molar-refractivity contribution is 0.232. The van der Waals surface area contributed by atoms with Crippen LogP contribution in [0.25, 0.3) is 11.0 Å². The number of para-hydroxylation sites is 2. The van der Waals surface area contributed by atoms with Gasteiger partial charge >= 0.3 is 0 Å². The van der Waals surface area contributed by atoms with Crippen molar-refractivity contribution in [2.45, 2.75) is 30.1 Å². The SMILES string of the molecule is CC(C)Oc1nc(Sc2nc3ccccc3[nH]2)ccc1N. The molecule has 0 aliphatic heterocycles. The Hall–Kier alpha value is -2.21. The summed E-state index contributed by atoms with van der Waals surface area (Å²) in [6.45, 7) is 3.89. The average molecular weight is 300 g/mol. The topological polar surface area (TPSA) is 76.8 Å². The molecule has 1 aromatic carbocycles. The minimum absolute atomic E-state index is 0.0336. The van der Waals surface area contributed by atoms with E-state index in [0.717, 1.165) is 21.2 Å². The van der Waals surface area contributed by atoms with E-state index in [4.69, 9.17) is 10.5 Å². The molecule has 108 valence electrons. The van der Waals surface area contributed by atoms with Crippen LogP contribution in [0.5, 0.6) is 5.88 Å². The highest BCUT2D eigenvalue weighted by atomic mass is 32.2. The second-order valence-corrected chi connectivity index (χ2v) is 5.88. The van der Waals surface area contributed by atoms with E-state index in [9.17, 15) is 0 Å². The fourth-order valence-corrected chi connectivity index (χ4v) is 2.65. The third-order valence-corrected chi connectivity index (χ3v) is 3.60. The summed E-state index contributed by atoms with van der Waals surface area (Å²) in [5.41, 5.74) is 8.36. The summed E-state index contributed by atoms with van der Waals surface area (Å²) in [5.74, 6) is 0.464. The van der Waals surface area contributed by atoms with Crippen LogP contribution in [-0.4, -0.2) is 21.1 Å². The maximum atomic E-state index is 5.87. The van der Waals surface area contributed by atoms with Gasteiger partial charge in [-0.25, -0.2) is 9.97 Å². The fourth-order valence-electron chi connectivity index (χ4n) is 1.89. The molecule has 0 saturated heterocycles. The Morgan fingerprint density at radius 1 is 1.14 bits per heavy atom. The quantitative estimate of drug-likeness (QED) is 0.771. The first kappa shape index (κ1) is 13.8. The van der Waals surface area contributed by atoms with Crippen LogP contribution in [0.15, 0.2) is 46.6 Å². The van der Waals surface area contributed by atoms with Gasteiger partial charge in [-0.2, -0.15) is 0 Å². The standard InChI is InChI=1S/C15H16N4OS/c1-9(2)20-14-10(16)7-8-13(19-14)21-15-17-11-5-3-4-6-12(11)18-15/h3-9H,16H2,1-2H3,(H,17,18). The second kappa shape index (κ2) is 5.65. The summed E-state index contributed by atoms with van der Waals surface area (Å²) < 4.78 is 5.60. The van der Waals surface area contributed by atoms with Gasteiger partial charge in [0.05, 0.1) is 22.8 Å². The number of pyridine rings is 1. The van der Waals surface area contributed by atoms with Gasteiger partial charge < -0.3 is 15.5 Å². The normalized spacial score (nSPS) is 11.2. The third kappa shape index (κ3) is 3.11. The van der Waals surface area contributed by atoms with E-state index in [0.29, 0.717) is 11.6 Å². The van der Waals surface area contributed by atoms with E-state index >= 15 is 0 Å². The first-order valence-electron chi connectivity index (χ1n) is 6.67. The molecule has 0 radical (unpaired) electrons. The van der Waals surface area contributed by atoms with Crippen LogP contribution in [0.2, 0.25) is 0 Å². The first-order valence-corrected chi connectivity index (χ1v) is 7.49. The highest BCUT2D eigenvalue weighted by molar-refractivity contribution is 7.99. The van der Waals surface area contributed by atoms with Gasteiger partial charge in [-0.3, -0.25) is 0 Å². The maximum absolute atomic E-state index is 5.87. The van der Waals surface area contributed by atoms with Gasteiger partial charge in [-0.15, -0.1) is 0 Å². The van der Waals surface area contributed by atoms with E-state index in [2.05, 4.69) is 15.0 Å². The maximum Gasteiger partial charge on any atom is 0.238 e. The zero-order chi connectivity index (χ0) is 14.8. The molecule has 0 aliphatic rings. The van der Waals surface area contributed by atoms with Crippen molar-refractivity contribution in [1.29, 1.82) is 0 Å². The monoisotopic (exact) mass is 300 g/mol. The molecule has 2 heterocycles. The number of aromatic nitrogens is 3. The van der Waals surface area contributed by atoms with Gasteiger partial charge in [-0.05, 0) is 49.9 Å². The third-order valence-electron chi connectivity index (χ3n) is 2.78. The highest BCUT2D eigenvalue weighted by Gasteiger charge is 2.09. The number of H-pyrrole nitrogens is 1. The molecule has 2 aromatic heterocycles. The number of nitrogens with zero attached hydrogens (tertiary/aromatic N) is 2. The molecule has 0 amide bonds. The van der Waals surface area contributed by atoms with Crippen molar-refractivity contribution >= 4 is 28.5 Å². The lowest BCUT2D eigenvalue weighted by Crippen LogP contribution is -2.09. The summed E-state index contributed by atoms with van der Waals surface area (Å²) in [6, 6.07) is 11.6. The lowest BCUT2D eigenvalue weighted by Gasteiger charge is -2.11. The molecule has 3 rings (SSSR count). The number of hydrogen-bond acceptors (Lipinski definition) is 5. The van der Waals surface area contributed by atoms with Crippen LogP contribution in [0.3, 0.4) is 0 Å². The first-order chi connectivity index (χ1) is 10.1. The summed E-state index contributed by atoms with van der Waals surface area (Å²) >= 11 is 1.45. The van der Waals surface area contributed by atoms with Crippen molar-refractivity contribution in [1.82, 2.24) is 15.0 Å². The van der Waals surface area contributed by atoms with E-state index in [1.165, 1.54) is 11.8 Å². The van der Waals surface area contributed by atoms with Gasteiger partial charge in [0.2, 0.25) is 5.88 Å². The molecule has 6 heteroatoms. The van der Waals surface area contributed by atoms with Crippen LogP contribution in [0.1, 0.15) is 13.8 Å². The van der Waals surface area contributed by atoms with E-state index in [1.807, 2.05) is 44.2 Å². The predicted octanol–water partition coefficient (Wildman–Crippen LogP) is 3.48. The number of aromatic amines is 1. The Balaban J connectivity index is 1.87. The second-order valence-electron chi connectivity index (χ2n) is 4.87. The van der Waals surface area contributed by atoms with Crippen LogP contribution >= 0.6 is 11.8 Å². The van der Waals surface area contributed by atoms with E-state index in [-0.39, 0.29) is 6.10 Å². The van der Waals surface area contributed by atoms with Gasteiger partial charge in [0, 0.05) is 0 Å². The number of fused-ring (bicyclic) bond motifs is 1. The summed E-state index contributed by atoms with van der Waals surface area (Å²) in [7, 11) is 0. The number of nitrogens with one attached hydrogen (secondary N) is 1. The Labute approximate surface area is 126 Å². The number of anilines is 1. The Morgan fingerprint density at radius 3 is 2.71 bits per heavy atom. The zero-order valence-corrected chi connectivity index (χ0v) is 12.6. The number of imidazole rings is 1. The van der Waals surface area contributed by atoms with Crippen molar-refractivity contribution in [3.05, 3.63) is 36.4 Å². The highest BCUT2D eigenvalue weighted by Crippen LogP contribution is 2.29. The van der Waals surface area contributed by atoms with Crippen molar-refractivity contribution in [2.24, 2.45) is 0 Å². The molecule has 0 unspecified atom stereocenters. The number of nitrogen functional groups attached to an aromatic ring is 1. The van der Waals surface area contributed by atoms with Gasteiger partial charge in [0.25, 0.3) is 0 Å². The molecule has 0 saturated carbocycles. The molecule has 21 heavy (non-hydrogen) atoms. The van der Waals surface area contributed by atoms with Crippen LogP contribution in [-0.2, 0) is 0 Å². The van der Waals surface area contributed by atoms with Crippen LogP contribution in [0, 0.1) is 0 Å². The van der Waals surface area contributed by atoms with Gasteiger partial charge in [0.1, 0.15) is 5.03 Å². The van der Waals surface area contributed by atoms with Crippen LogP contribution < -0.4 is 10.5 Å². The molecule has 5 nitrogen and oxygen atoms in total. The van der Waals surface area contributed by atoms with Crippen molar-refractivity contribution in [3.8, 4) is 5.88 Å². The number of nitrogens with two attached hydrogens (primary N) is 1. The lowest BCUT2D eigenvalue weighted by atomic mass is 10.3. The Bertz CT molecular complexity index is 736. The molecule has 0 atom stereocenters. The zero-order valence-electron chi connectivity index (χ0n) is 11.8. The van der Waals surface area contributed by atoms with Gasteiger partial charge in [0.15, 0.2) is 5.16 Å². The van der Waals surface area contributed by atoms with E-state index < -0.39 is 0 Å². The Morgan fingerprint density at radius 2 is 1.95 bits per heavy atom. The molecular weight excluding hydrogens is 284 g/mol. The minimum atomic E-state index is 0.0336. The molecule has 0 bridgehead atoms. The molecule has 3 aromatic rings. The molecular formula is C15H16N4OS. The van der Waals surface area contributed by atoms with Crippen molar-refractivity contribution < 1.29 is 4.74 Å². The smallest absolute Gasteiger partial charge is 0.238 e. The van der Waals surface area contributed by atoms with E-state index in [1.54, 1.807) is 6.07 Å². The largest absolute Gasteiger partial charge is 0.473 e. The van der Waals surface area contributed by atoms with Crippen molar-refractivity contribution in [2.75, 3.05) is 5.73 Å². The molecule has 0 spiro atoms. The number of ether oxygens (including phenoxy) is 1.